The van der Waals surface area contributed by atoms with E-state index in [9.17, 15) is 9.59 Å². The molecule has 0 aliphatic rings. The monoisotopic (exact) mass is 332 g/mol. The first-order valence-electron chi connectivity index (χ1n) is 6.44. The van der Waals surface area contributed by atoms with Crippen LogP contribution in [0.4, 0.5) is 5.69 Å². The summed E-state index contributed by atoms with van der Waals surface area (Å²) in [5.41, 5.74) is 0.540. The van der Waals surface area contributed by atoms with Gasteiger partial charge in [0.15, 0.2) is 0 Å². The standard InChI is InChI=1S/C14H18Cl2N2O3/c1-10(19)18(7-5-14(20)17-6-8-21-2)13-4-3-11(15)9-12(13)16/h3-4,9H,5-8H2,1-2H3,(H,17,20). The third kappa shape index (κ3) is 5.91. The Morgan fingerprint density at radius 1 is 1.33 bits per heavy atom. The molecule has 0 aliphatic carbocycles. The van der Waals surface area contributed by atoms with Crippen LogP contribution in [0, 0.1) is 0 Å². The number of rotatable bonds is 7. The number of halogens is 2. The summed E-state index contributed by atoms with van der Waals surface area (Å²) in [5, 5.41) is 3.56. The van der Waals surface area contributed by atoms with Gasteiger partial charge in [-0.3, -0.25) is 9.59 Å². The highest BCUT2D eigenvalue weighted by Gasteiger charge is 2.16. The van der Waals surface area contributed by atoms with Gasteiger partial charge in [-0.2, -0.15) is 0 Å². The maximum atomic E-state index is 11.7. The second-order valence-corrected chi connectivity index (χ2v) is 5.20. The summed E-state index contributed by atoms with van der Waals surface area (Å²) >= 11 is 11.9. The van der Waals surface area contributed by atoms with E-state index in [-0.39, 0.29) is 24.8 Å². The Hall–Kier alpha value is -1.30. The fourth-order valence-corrected chi connectivity index (χ4v) is 2.25. The molecule has 1 aromatic carbocycles. The summed E-state index contributed by atoms with van der Waals surface area (Å²) in [4.78, 5) is 24.8. The van der Waals surface area contributed by atoms with Gasteiger partial charge in [-0.1, -0.05) is 23.2 Å². The second-order valence-electron chi connectivity index (χ2n) is 4.36. The highest BCUT2D eigenvalue weighted by atomic mass is 35.5. The first kappa shape index (κ1) is 17.8. The number of nitrogens with zero attached hydrogens (tertiary/aromatic N) is 1. The Bertz CT molecular complexity index is 509. The summed E-state index contributed by atoms with van der Waals surface area (Å²) in [6.45, 7) is 2.56. The third-order valence-corrected chi connectivity index (χ3v) is 3.31. The van der Waals surface area contributed by atoms with Gasteiger partial charge in [0.1, 0.15) is 0 Å². The fraction of sp³-hybridized carbons (Fsp3) is 0.429. The largest absolute Gasteiger partial charge is 0.383 e. The molecule has 0 fully saturated rings. The van der Waals surface area contributed by atoms with Crippen molar-refractivity contribution in [1.29, 1.82) is 0 Å². The van der Waals surface area contributed by atoms with Crippen molar-refractivity contribution in [3.8, 4) is 0 Å². The average molecular weight is 333 g/mol. The predicted octanol–water partition coefficient (Wildman–Crippen LogP) is 2.50. The van der Waals surface area contributed by atoms with Gasteiger partial charge in [-0.05, 0) is 18.2 Å². The fourth-order valence-electron chi connectivity index (χ4n) is 1.74. The van der Waals surface area contributed by atoms with Crippen molar-refractivity contribution in [2.24, 2.45) is 0 Å². The molecule has 1 N–H and O–H groups in total. The lowest BCUT2D eigenvalue weighted by Crippen LogP contribution is -2.34. The third-order valence-electron chi connectivity index (χ3n) is 2.77. The first-order valence-corrected chi connectivity index (χ1v) is 7.20. The predicted molar refractivity (Wildman–Crippen MR) is 84.0 cm³/mol. The van der Waals surface area contributed by atoms with E-state index in [1.807, 2.05) is 0 Å². The van der Waals surface area contributed by atoms with Gasteiger partial charge in [-0.25, -0.2) is 0 Å². The molecule has 0 aromatic heterocycles. The Balaban J connectivity index is 2.66. The highest BCUT2D eigenvalue weighted by molar-refractivity contribution is 6.36. The van der Waals surface area contributed by atoms with E-state index in [1.54, 1.807) is 25.3 Å². The summed E-state index contributed by atoms with van der Waals surface area (Å²) in [5.74, 6) is -0.340. The number of amides is 2. The second kappa shape index (κ2) is 8.87. The Kier molecular flexibility index (Phi) is 7.50. The number of benzene rings is 1. The lowest BCUT2D eigenvalue weighted by molar-refractivity contribution is -0.121. The quantitative estimate of drug-likeness (QED) is 0.780. The van der Waals surface area contributed by atoms with Gasteiger partial charge < -0.3 is 15.0 Å². The van der Waals surface area contributed by atoms with Crippen LogP contribution in [0.15, 0.2) is 18.2 Å². The van der Waals surface area contributed by atoms with Crippen molar-refractivity contribution >= 4 is 40.7 Å². The number of hydrogen-bond acceptors (Lipinski definition) is 3. The summed E-state index contributed by atoms with van der Waals surface area (Å²) in [6.07, 6.45) is 0.183. The Labute approximate surface area is 134 Å². The van der Waals surface area contributed by atoms with Gasteiger partial charge >= 0.3 is 0 Å². The topological polar surface area (TPSA) is 58.6 Å². The molecule has 0 unspecified atom stereocenters. The normalized spacial score (nSPS) is 10.3. The lowest BCUT2D eigenvalue weighted by Gasteiger charge is -2.22. The van der Waals surface area contributed by atoms with Crippen molar-refractivity contribution in [3.05, 3.63) is 28.2 Å². The molecule has 0 spiro atoms. The van der Waals surface area contributed by atoms with Crippen molar-refractivity contribution in [1.82, 2.24) is 5.32 Å². The number of hydrogen-bond donors (Lipinski definition) is 1. The van der Waals surface area contributed by atoms with E-state index in [4.69, 9.17) is 27.9 Å². The van der Waals surface area contributed by atoms with E-state index in [1.165, 1.54) is 11.8 Å². The zero-order valence-corrected chi connectivity index (χ0v) is 13.5. The molecule has 5 nitrogen and oxygen atoms in total. The SMILES string of the molecule is COCCNC(=O)CCN(C(C)=O)c1ccc(Cl)cc1Cl. The van der Waals surface area contributed by atoms with Gasteiger partial charge in [-0.15, -0.1) is 0 Å². The van der Waals surface area contributed by atoms with Crippen LogP contribution in [0.2, 0.25) is 10.0 Å². The van der Waals surface area contributed by atoms with Crippen LogP contribution >= 0.6 is 23.2 Å². The molecule has 2 amide bonds. The molecular weight excluding hydrogens is 315 g/mol. The molecule has 0 heterocycles. The van der Waals surface area contributed by atoms with Crippen LogP contribution < -0.4 is 10.2 Å². The van der Waals surface area contributed by atoms with Gasteiger partial charge in [0.2, 0.25) is 11.8 Å². The van der Waals surface area contributed by atoms with Crippen LogP contribution in [0.25, 0.3) is 0 Å². The smallest absolute Gasteiger partial charge is 0.223 e. The minimum atomic E-state index is -0.191. The molecule has 0 bridgehead atoms. The van der Waals surface area contributed by atoms with E-state index < -0.39 is 0 Å². The van der Waals surface area contributed by atoms with Gasteiger partial charge in [0.25, 0.3) is 0 Å². The lowest BCUT2D eigenvalue weighted by atomic mass is 10.2. The minimum absolute atomic E-state index is 0.150. The van der Waals surface area contributed by atoms with Gasteiger partial charge in [0.05, 0.1) is 17.3 Å². The average Bonchev–Trinajstić information content (AvgIpc) is 2.41. The van der Waals surface area contributed by atoms with E-state index in [2.05, 4.69) is 5.32 Å². The van der Waals surface area contributed by atoms with Crippen LogP contribution in [-0.4, -0.2) is 38.6 Å². The van der Waals surface area contributed by atoms with Crippen LogP contribution in [0.5, 0.6) is 0 Å². The molecule has 0 atom stereocenters. The molecule has 0 radical (unpaired) electrons. The van der Waals surface area contributed by atoms with Crippen molar-refractivity contribution in [2.75, 3.05) is 31.7 Å². The molecule has 0 saturated heterocycles. The Morgan fingerprint density at radius 3 is 2.62 bits per heavy atom. The molecule has 1 rings (SSSR count). The molecule has 116 valence electrons. The number of nitrogens with one attached hydrogen (secondary N) is 1. The number of methoxy groups -OCH3 is 1. The van der Waals surface area contributed by atoms with E-state index >= 15 is 0 Å². The molecular formula is C14H18Cl2N2O3. The maximum absolute atomic E-state index is 11.7. The first-order chi connectivity index (χ1) is 9.95. The number of ether oxygens (including phenoxy) is 1. The summed E-state index contributed by atoms with van der Waals surface area (Å²) < 4.78 is 4.84. The highest BCUT2D eigenvalue weighted by Crippen LogP contribution is 2.29. The van der Waals surface area contributed by atoms with Crippen LogP contribution in [0.3, 0.4) is 0 Å². The van der Waals surface area contributed by atoms with E-state index in [0.29, 0.717) is 28.9 Å². The zero-order chi connectivity index (χ0) is 15.8. The van der Waals surface area contributed by atoms with Crippen molar-refractivity contribution < 1.29 is 14.3 Å². The Morgan fingerprint density at radius 2 is 2.05 bits per heavy atom. The molecule has 0 saturated carbocycles. The van der Waals surface area contributed by atoms with Crippen molar-refractivity contribution in [2.45, 2.75) is 13.3 Å². The summed E-state index contributed by atoms with van der Waals surface area (Å²) in [7, 11) is 1.56. The summed E-state index contributed by atoms with van der Waals surface area (Å²) in [6, 6.07) is 4.87. The number of anilines is 1. The molecule has 21 heavy (non-hydrogen) atoms. The molecule has 7 heteroatoms. The van der Waals surface area contributed by atoms with Crippen molar-refractivity contribution in [3.63, 3.8) is 0 Å². The number of carbonyl (C=O) groups is 2. The molecule has 1 aromatic rings. The maximum Gasteiger partial charge on any atom is 0.223 e. The van der Waals surface area contributed by atoms with Crippen LogP contribution in [-0.2, 0) is 14.3 Å². The minimum Gasteiger partial charge on any atom is -0.383 e. The number of carbonyl (C=O) groups excluding carboxylic acids is 2. The van der Waals surface area contributed by atoms with Crippen LogP contribution in [0.1, 0.15) is 13.3 Å². The zero-order valence-electron chi connectivity index (χ0n) is 12.0. The van der Waals surface area contributed by atoms with E-state index in [0.717, 1.165) is 0 Å². The van der Waals surface area contributed by atoms with Gasteiger partial charge in [0, 0.05) is 38.6 Å². The molecule has 0 aliphatic heterocycles.